The fraction of sp³-hybridized carbons (Fsp3) is 0. The van der Waals surface area contributed by atoms with Crippen molar-refractivity contribution in [1.82, 2.24) is 0 Å². The van der Waals surface area contributed by atoms with Gasteiger partial charge in [-0.15, -0.1) is 0 Å². The topological polar surface area (TPSA) is 43.1 Å². The number of primary amides is 1. The number of benzene rings is 1. The lowest BCUT2D eigenvalue weighted by Crippen LogP contribution is -2.02. The van der Waals surface area contributed by atoms with E-state index in [1.54, 1.807) is 0 Å². The van der Waals surface area contributed by atoms with E-state index in [0.29, 0.717) is 11.8 Å². The number of hydrogen-bond acceptors (Lipinski definition) is 2. The van der Waals surface area contributed by atoms with Gasteiger partial charge in [-0.1, -0.05) is 0 Å². The number of amides is 1. The highest BCUT2D eigenvalue weighted by atomic mass is 32.2. The Morgan fingerprint density at radius 1 is 1.42 bits per heavy atom. The third kappa shape index (κ3) is 2.20. The monoisotopic (exact) mass is 189 g/mol. The molecule has 0 aliphatic rings. The highest BCUT2D eigenvalue weighted by molar-refractivity contribution is 8.13. The van der Waals surface area contributed by atoms with Gasteiger partial charge in [-0.3, -0.25) is 4.79 Å². The summed E-state index contributed by atoms with van der Waals surface area (Å²) in [6.07, 6.45) is 0. The maximum atomic E-state index is 12.7. The van der Waals surface area contributed by atoms with Crippen molar-refractivity contribution in [3.63, 3.8) is 0 Å². The summed E-state index contributed by atoms with van der Waals surface area (Å²) in [5.74, 6) is -1.25. The molecule has 0 spiro atoms. The summed E-state index contributed by atoms with van der Waals surface area (Å²) in [4.78, 5) is 10.2. The summed E-state index contributed by atoms with van der Waals surface area (Å²) >= 11 is 0.463. The van der Waals surface area contributed by atoms with Gasteiger partial charge in [0, 0.05) is 0 Å². The van der Waals surface area contributed by atoms with E-state index in [4.69, 9.17) is 5.73 Å². The third-order valence-corrected chi connectivity index (χ3v) is 1.84. The van der Waals surface area contributed by atoms with Gasteiger partial charge in [-0.05, 0) is 30.0 Å². The Morgan fingerprint density at radius 2 is 2.08 bits per heavy atom. The minimum absolute atomic E-state index is 0.0949. The smallest absolute Gasteiger partial charge is 0.281 e. The van der Waals surface area contributed by atoms with E-state index < -0.39 is 16.9 Å². The van der Waals surface area contributed by atoms with Crippen molar-refractivity contribution in [3.8, 4) is 0 Å². The zero-order chi connectivity index (χ0) is 9.14. The van der Waals surface area contributed by atoms with Crippen LogP contribution in [0.2, 0.25) is 0 Å². The van der Waals surface area contributed by atoms with Gasteiger partial charge in [0.25, 0.3) is 5.24 Å². The minimum atomic E-state index is -0.764. The fourth-order valence-electron chi connectivity index (χ4n) is 0.664. The highest BCUT2D eigenvalue weighted by Gasteiger charge is 2.06. The predicted octanol–water partition coefficient (Wildman–Crippen LogP) is 2.14. The van der Waals surface area contributed by atoms with Crippen LogP contribution in [0.1, 0.15) is 0 Å². The van der Waals surface area contributed by atoms with E-state index in [9.17, 15) is 13.6 Å². The molecule has 0 aliphatic carbocycles. The molecule has 0 fully saturated rings. The molecule has 0 aromatic heterocycles. The van der Waals surface area contributed by atoms with Crippen LogP contribution in [0.25, 0.3) is 0 Å². The molecule has 1 aromatic rings. The van der Waals surface area contributed by atoms with E-state index in [1.165, 1.54) is 0 Å². The van der Waals surface area contributed by atoms with Crippen LogP contribution in [-0.4, -0.2) is 5.24 Å². The zero-order valence-corrected chi connectivity index (χ0v) is 6.70. The van der Waals surface area contributed by atoms with Gasteiger partial charge >= 0.3 is 0 Å². The molecule has 0 aliphatic heterocycles. The molecule has 5 heteroatoms. The van der Waals surface area contributed by atoms with Crippen LogP contribution in [0, 0.1) is 11.6 Å². The lowest BCUT2D eigenvalue weighted by molar-refractivity contribution is 0.267. The Kier molecular flexibility index (Phi) is 2.65. The van der Waals surface area contributed by atoms with Gasteiger partial charge in [-0.25, -0.2) is 8.78 Å². The molecule has 2 N–H and O–H groups in total. The molecular formula is C7H5F2NOS. The van der Waals surface area contributed by atoms with Gasteiger partial charge in [0.1, 0.15) is 11.6 Å². The van der Waals surface area contributed by atoms with Crippen molar-refractivity contribution < 1.29 is 13.6 Å². The molecule has 1 amide bonds. The summed E-state index contributed by atoms with van der Waals surface area (Å²) in [6, 6.07) is 2.84. The third-order valence-electron chi connectivity index (χ3n) is 1.10. The average Bonchev–Trinajstić information content (AvgIpc) is 1.96. The summed E-state index contributed by atoms with van der Waals surface area (Å²) in [5, 5.41) is -0.764. The Hall–Kier alpha value is -1.10. The molecule has 0 radical (unpaired) electrons. The van der Waals surface area contributed by atoms with Crippen LogP contribution in [0.3, 0.4) is 0 Å². The summed E-state index contributed by atoms with van der Waals surface area (Å²) in [6.45, 7) is 0. The Balaban J connectivity index is 2.97. The molecule has 64 valence electrons. The molecule has 0 atom stereocenters. The van der Waals surface area contributed by atoms with Crippen molar-refractivity contribution in [2.75, 3.05) is 0 Å². The molecule has 0 heterocycles. The van der Waals surface area contributed by atoms with E-state index in [2.05, 4.69) is 0 Å². The Bertz CT molecular complexity index is 316. The largest absolute Gasteiger partial charge is 0.360 e. The SMILES string of the molecule is NC(=O)Sc1cc(F)ccc1F. The van der Waals surface area contributed by atoms with E-state index in [1.807, 2.05) is 0 Å². The van der Waals surface area contributed by atoms with Crippen LogP contribution < -0.4 is 5.73 Å². The predicted molar refractivity (Wildman–Crippen MR) is 41.8 cm³/mol. The lowest BCUT2D eigenvalue weighted by atomic mass is 10.3. The number of rotatable bonds is 1. The van der Waals surface area contributed by atoms with Crippen LogP contribution in [0.5, 0.6) is 0 Å². The van der Waals surface area contributed by atoms with E-state index in [-0.39, 0.29) is 4.90 Å². The van der Waals surface area contributed by atoms with Crippen LogP contribution in [0.4, 0.5) is 13.6 Å². The fourth-order valence-corrected chi connectivity index (χ4v) is 1.22. The summed E-state index contributed by atoms with van der Waals surface area (Å²) in [5.41, 5.74) is 4.78. The molecule has 1 rings (SSSR count). The first-order valence-corrected chi connectivity index (χ1v) is 3.83. The second-order valence-electron chi connectivity index (χ2n) is 2.00. The molecule has 1 aromatic carbocycles. The first-order valence-electron chi connectivity index (χ1n) is 3.02. The Labute approximate surface area is 71.8 Å². The van der Waals surface area contributed by atoms with Crippen molar-refractivity contribution in [2.24, 2.45) is 5.73 Å². The van der Waals surface area contributed by atoms with Gasteiger partial charge in [-0.2, -0.15) is 0 Å². The molecule has 12 heavy (non-hydrogen) atoms. The normalized spacial score (nSPS) is 9.83. The second kappa shape index (κ2) is 3.53. The molecule has 0 unspecified atom stereocenters. The van der Waals surface area contributed by atoms with E-state index >= 15 is 0 Å². The van der Waals surface area contributed by atoms with Crippen molar-refractivity contribution in [3.05, 3.63) is 29.8 Å². The number of carbonyl (C=O) groups excluding carboxylic acids is 1. The van der Waals surface area contributed by atoms with Gasteiger partial charge in [0.15, 0.2) is 0 Å². The summed E-state index contributed by atoms with van der Waals surface area (Å²) in [7, 11) is 0. The first kappa shape index (κ1) is 8.99. The van der Waals surface area contributed by atoms with Crippen molar-refractivity contribution in [2.45, 2.75) is 4.90 Å². The van der Waals surface area contributed by atoms with Crippen LogP contribution in [0.15, 0.2) is 23.1 Å². The van der Waals surface area contributed by atoms with Crippen LogP contribution >= 0.6 is 11.8 Å². The van der Waals surface area contributed by atoms with Crippen LogP contribution in [-0.2, 0) is 0 Å². The van der Waals surface area contributed by atoms with Gasteiger partial charge in [0.05, 0.1) is 4.90 Å². The highest BCUT2D eigenvalue weighted by Crippen LogP contribution is 2.21. The lowest BCUT2D eigenvalue weighted by Gasteiger charge is -1.98. The quantitative estimate of drug-likeness (QED) is 0.688. The second-order valence-corrected chi connectivity index (χ2v) is 3.04. The maximum Gasteiger partial charge on any atom is 0.281 e. The molecule has 0 saturated heterocycles. The first-order chi connectivity index (χ1) is 5.59. The number of thioether (sulfide) groups is 1. The average molecular weight is 189 g/mol. The number of hydrogen-bond donors (Lipinski definition) is 1. The minimum Gasteiger partial charge on any atom is -0.360 e. The number of carbonyl (C=O) groups is 1. The summed E-state index contributed by atoms with van der Waals surface area (Å²) < 4.78 is 25.2. The Morgan fingerprint density at radius 3 is 2.67 bits per heavy atom. The molecular weight excluding hydrogens is 184 g/mol. The van der Waals surface area contributed by atoms with Gasteiger partial charge in [0.2, 0.25) is 0 Å². The maximum absolute atomic E-state index is 12.7. The van der Waals surface area contributed by atoms with Crippen molar-refractivity contribution >= 4 is 17.0 Å². The molecule has 0 saturated carbocycles. The standard InChI is InChI=1S/C7H5F2NOS/c8-4-1-2-5(9)6(3-4)12-7(10)11/h1-3H,(H2,10,11). The van der Waals surface area contributed by atoms with E-state index in [0.717, 1.165) is 18.2 Å². The molecule has 2 nitrogen and oxygen atoms in total. The van der Waals surface area contributed by atoms with Crippen molar-refractivity contribution in [1.29, 1.82) is 0 Å². The molecule has 0 bridgehead atoms. The van der Waals surface area contributed by atoms with Gasteiger partial charge < -0.3 is 5.73 Å². The number of halogens is 2. The zero-order valence-electron chi connectivity index (χ0n) is 5.88. The number of nitrogens with two attached hydrogens (primary N) is 1.